The van der Waals surface area contributed by atoms with Crippen LogP contribution in [0.3, 0.4) is 0 Å². The molecule has 9 nitrogen and oxygen atoms in total. The Hall–Kier alpha value is -4.54. The van der Waals surface area contributed by atoms with Crippen LogP contribution in [0.5, 0.6) is 23.0 Å². The molecule has 1 aliphatic heterocycles. The van der Waals surface area contributed by atoms with Crippen LogP contribution in [0.2, 0.25) is 5.02 Å². The molecule has 5 rings (SSSR count). The number of hydrogen-bond acceptors (Lipinski definition) is 9. The number of nitrogens with zero attached hydrogens (tertiary/aromatic N) is 2. The quantitative estimate of drug-likeness (QED) is 0.176. The monoisotopic (exact) mass is 676 g/mol. The largest absolute Gasteiger partial charge is 0.493 e. The average molecular weight is 677 g/mol. The molecule has 4 aromatic rings. The van der Waals surface area contributed by atoms with Gasteiger partial charge in [0.05, 0.1) is 53.8 Å². The second-order valence-corrected chi connectivity index (χ2v) is 12.6. The van der Waals surface area contributed by atoms with Crippen molar-refractivity contribution in [3.8, 4) is 23.0 Å². The van der Waals surface area contributed by atoms with E-state index in [1.165, 1.54) is 23.0 Å². The van der Waals surface area contributed by atoms with Gasteiger partial charge in [-0.25, -0.2) is 9.79 Å². The van der Waals surface area contributed by atoms with Gasteiger partial charge in [0.15, 0.2) is 27.8 Å². The zero-order valence-electron chi connectivity index (χ0n) is 27.4. The van der Waals surface area contributed by atoms with E-state index in [1.807, 2.05) is 51.1 Å². The predicted octanol–water partition coefficient (Wildman–Crippen LogP) is 6.14. The summed E-state index contributed by atoms with van der Waals surface area (Å²) in [6, 6.07) is 16.1. The number of hydrogen-bond donors (Lipinski definition) is 0. The molecule has 47 heavy (non-hydrogen) atoms. The third-order valence-electron chi connectivity index (χ3n) is 7.44. The number of rotatable bonds is 11. The van der Waals surface area contributed by atoms with Crippen molar-refractivity contribution in [2.24, 2.45) is 4.99 Å². The van der Waals surface area contributed by atoms with E-state index >= 15 is 0 Å². The number of carbonyl (C=O) groups excluding carboxylic acids is 1. The van der Waals surface area contributed by atoms with Crippen molar-refractivity contribution < 1.29 is 28.5 Å². The third-order valence-corrected chi connectivity index (χ3v) is 8.70. The standard InChI is InChI=1S/C36H37ClN2O7S/c1-8-44-35(41)31-22(5)38-36-39(32(31)25-13-14-27(46-20(2)3)28(18-25)42-6)34(40)30(47-36)17-24-15-26(37)33(29(16-24)43-7)45-19-23-11-9-21(4)10-12-23/h9-18,20,32H,8,19H2,1-7H3/b30-17-/t32-/m0/s1. The molecular formula is C36H37ClN2O7S. The van der Waals surface area contributed by atoms with Crippen molar-refractivity contribution in [2.75, 3.05) is 20.8 Å². The summed E-state index contributed by atoms with van der Waals surface area (Å²) in [6.07, 6.45) is 1.65. The summed E-state index contributed by atoms with van der Waals surface area (Å²) in [5.74, 6) is 1.31. The maximum absolute atomic E-state index is 14.2. The minimum absolute atomic E-state index is 0.0781. The van der Waals surface area contributed by atoms with E-state index in [2.05, 4.69) is 4.99 Å². The summed E-state index contributed by atoms with van der Waals surface area (Å²) in [5, 5.41) is 0.338. The highest BCUT2D eigenvalue weighted by atomic mass is 35.5. The number of ether oxygens (including phenoxy) is 5. The molecule has 0 spiro atoms. The number of carbonyl (C=O) groups is 1. The normalized spacial score (nSPS) is 14.5. The Morgan fingerprint density at radius 2 is 1.74 bits per heavy atom. The van der Waals surface area contributed by atoms with Crippen LogP contribution in [0.4, 0.5) is 0 Å². The maximum atomic E-state index is 14.2. The van der Waals surface area contributed by atoms with E-state index < -0.39 is 12.0 Å². The number of thiazole rings is 1. The minimum atomic E-state index is -0.815. The number of aromatic nitrogens is 1. The first-order valence-corrected chi connectivity index (χ1v) is 16.3. The van der Waals surface area contributed by atoms with Gasteiger partial charge in [0.25, 0.3) is 5.56 Å². The highest BCUT2D eigenvalue weighted by molar-refractivity contribution is 7.07. The van der Waals surface area contributed by atoms with Gasteiger partial charge >= 0.3 is 5.97 Å². The Morgan fingerprint density at radius 1 is 1.02 bits per heavy atom. The predicted molar refractivity (Wildman–Crippen MR) is 183 cm³/mol. The summed E-state index contributed by atoms with van der Waals surface area (Å²) < 4.78 is 30.5. The third kappa shape index (κ3) is 7.24. The van der Waals surface area contributed by atoms with Gasteiger partial charge < -0.3 is 23.7 Å². The molecule has 0 N–H and O–H groups in total. The van der Waals surface area contributed by atoms with Crippen LogP contribution in [0.25, 0.3) is 6.08 Å². The molecule has 1 aromatic heterocycles. The molecule has 0 fully saturated rings. The van der Waals surface area contributed by atoms with Crippen molar-refractivity contribution >= 4 is 35.0 Å². The Labute approximate surface area is 282 Å². The molecule has 0 radical (unpaired) electrons. The molecule has 1 atom stereocenters. The van der Waals surface area contributed by atoms with Gasteiger partial charge in [-0.05, 0) is 81.7 Å². The van der Waals surface area contributed by atoms with Crippen LogP contribution >= 0.6 is 22.9 Å². The van der Waals surface area contributed by atoms with E-state index in [4.69, 9.17) is 35.3 Å². The first-order chi connectivity index (χ1) is 22.5. The Bertz CT molecular complexity index is 2010. The summed E-state index contributed by atoms with van der Waals surface area (Å²) in [6.45, 7) is 9.83. The van der Waals surface area contributed by atoms with Crippen molar-refractivity contribution in [2.45, 2.75) is 53.4 Å². The first-order valence-electron chi connectivity index (χ1n) is 15.1. The molecule has 0 saturated carbocycles. The number of fused-ring (bicyclic) bond motifs is 1. The van der Waals surface area contributed by atoms with Crippen molar-refractivity contribution in [1.29, 1.82) is 0 Å². The fourth-order valence-electron chi connectivity index (χ4n) is 5.27. The lowest BCUT2D eigenvalue weighted by Gasteiger charge is -2.25. The Morgan fingerprint density at radius 3 is 2.40 bits per heavy atom. The zero-order chi connectivity index (χ0) is 33.8. The topological polar surface area (TPSA) is 97.6 Å². The lowest BCUT2D eigenvalue weighted by Crippen LogP contribution is -2.40. The molecule has 11 heteroatoms. The van der Waals surface area contributed by atoms with E-state index in [9.17, 15) is 9.59 Å². The Kier molecular flexibility index (Phi) is 10.4. The van der Waals surface area contributed by atoms with Crippen molar-refractivity contribution in [3.05, 3.63) is 113 Å². The number of allylic oxidation sites excluding steroid dienone is 1. The molecule has 2 heterocycles. The van der Waals surface area contributed by atoms with E-state index in [0.717, 1.165) is 11.1 Å². The number of aryl methyl sites for hydroxylation is 1. The lowest BCUT2D eigenvalue weighted by atomic mass is 9.95. The molecule has 246 valence electrons. The molecular weight excluding hydrogens is 640 g/mol. The molecule has 0 aliphatic carbocycles. The molecule has 0 amide bonds. The van der Waals surface area contributed by atoms with Crippen LogP contribution in [-0.4, -0.2) is 37.5 Å². The number of methoxy groups -OCH3 is 2. The molecule has 1 aliphatic rings. The lowest BCUT2D eigenvalue weighted by molar-refractivity contribution is -0.139. The number of esters is 1. The van der Waals surface area contributed by atoms with Gasteiger partial charge in [0, 0.05) is 0 Å². The highest BCUT2D eigenvalue weighted by Gasteiger charge is 2.34. The van der Waals surface area contributed by atoms with Crippen LogP contribution < -0.4 is 33.8 Å². The van der Waals surface area contributed by atoms with Crippen LogP contribution in [0.1, 0.15) is 56.0 Å². The fourth-order valence-corrected chi connectivity index (χ4v) is 6.59. The minimum Gasteiger partial charge on any atom is -0.493 e. The van der Waals surface area contributed by atoms with Gasteiger partial charge in [-0.3, -0.25) is 9.36 Å². The summed E-state index contributed by atoms with van der Waals surface area (Å²) in [4.78, 5) is 32.6. The summed E-state index contributed by atoms with van der Waals surface area (Å²) >= 11 is 7.90. The Balaban J connectivity index is 1.59. The van der Waals surface area contributed by atoms with Crippen molar-refractivity contribution in [3.63, 3.8) is 0 Å². The second kappa shape index (κ2) is 14.5. The van der Waals surface area contributed by atoms with Crippen molar-refractivity contribution in [1.82, 2.24) is 4.57 Å². The maximum Gasteiger partial charge on any atom is 0.338 e. The number of halogens is 1. The molecule has 0 bridgehead atoms. The molecule has 0 saturated heterocycles. The van der Waals surface area contributed by atoms with E-state index in [-0.39, 0.29) is 23.8 Å². The van der Waals surface area contributed by atoms with Gasteiger partial charge in [0.2, 0.25) is 0 Å². The number of benzene rings is 3. The van der Waals surface area contributed by atoms with E-state index in [0.29, 0.717) is 60.8 Å². The summed E-state index contributed by atoms with van der Waals surface area (Å²) in [5.41, 5.74) is 3.83. The molecule has 3 aromatic carbocycles. The van der Waals surface area contributed by atoms with Crippen LogP contribution in [-0.2, 0) is 16.1 Å². The highest BCUT2D eigenvalue weighted by Crippen LogP contribution is 2.38. The van der Waals surface area contributed by atoms with Gasteiger partial charge in [-0.1, -0.05) is 58.8 Å². The van der Waals surface area contributed by atoms with Gasteiger partial charge in [-0.15, -0.1) is 0 Å². The molecule has 0 unspecified atom stereocenters. The van der Waals surface area contributed by atoms with Crippen LogP contribution in [0, 0.1) is 6.92 Å². The average Bonchev–Trinajstić information content (AvgIpc) is 3.34. The summed E-state index contributed by atoms with van der Waals surface area (Å²) in [7, 11) is 3.08. The smallest absolute Gasteiger partial charge is 0.338 e. The van der Waals surface area contributed by atoms with E-state index in [1.54, 1.807) is 51.3 Å². The fraction of sp³-hybridized carbons (Fsp3) is 0.306. The second-order valence-electron chi connectivity index (χ2n) is 11.2. The SMILES string of the molecule is CCOC(=O)C1=C(C)N=c2s/c(=C\c3cc(Cl)c(OCc4ccc(C)cc4)c(OC)c3)c(=O)n2[C@H]1c1ccc(OC(C)C)c(OC)c1. The van der Waals surface area contributed by atoms with Crippen LogP contribution in [0.15, 0.2) is 75.7 Å². The van der Waals surface area contributed by atoms with Gasteiger partial charge in [0.1, 0.15) is 6.61 Å². The van der Waals surface area contributed by atoms with Gasteiger partial charge in [-0.2, -0.15) is 0 Å². The zero-order valence-corrected chi connectivity index (χ0v) is 29.0. The first kappa shape index (κ1) is 33.8.